The second-order valence-electron chi connectivity index (χ2n) is 8.32. The van der Waals surface area contributed by atoms with Crippen molar-refractivity contribution in [3.05, 3.63) is 70.9 Å². The lowest BCUT2D eigenvalue weighted by molar-refractivity contribution is 0.0486. The van der Waals surface area contributed by atoms with E-state index in [0.717, 1.165) is 24.2 Å². The molecule has 0 radical (unpaired) electrons. The third-order valence-corrected chi connectivity index (χ3v) is 6.08. The van der Waals surface area contributed by atoms with Crippen molar-refractivity contribution in [3.63, 3.8) is 0 Å². The van der Waals surface area contributed by atoms with E-state index in [4.69, 9.17) is 9.47 Å². The predicted molar refractivity (Wildman–Crippen MR) is 121 cm³/mol. The molecule has 0 saturated carbocycles. The lowest BCUT2D eigenvalue weighted by Gasteiger charge is -2.38. The minimum atomic E-state index is -0.163. The number of nitrogens with zero attached hydrogens (tertiary/aromatic N) is 1. The number of benzene rings is 2. The lowest BCUT2D eigenvalue weighted by atomic mass is 9.73. The highest BCUT2D eigenvalue weighted by Crippen LogP contribution is 2.35. The van der Waals surface area contributed by atoms with Crippen molar-refractivity contribution in [3.8, 4) is 17.0 Å². The zero-order valence-corrected chi connectivity index (χ0v) is 18.3. The average molecular weight is 420 g/mol. The summed E-state index contributed by atoms with van der Waals surface area (Å²) < 4.78 is 11.0. The zero-order chi connectivity index (χ0) is 21.8. The van der Waals surface area contributed by atoms with E-state index in [1.54, 1.807) is 13.2 Å². The fourth-order valence-corrected chi connectivity index (χ4v) is 4.39. The van der Waals surface area contributed by atoms with Crippen molar-refractivity contribution in [2.24, 2.45) is 0 Å². The summed E-state index contributed by atoms with van der Waals surface area (Å²) in [5.41, 5.74) is 5.57. The minimum absolute atomic E-state index is 0.129. The predicted octanol–water partition coefficient (Wildman–Crippen LogP) is 4.18. The molecule has 2 heterocycles. The van der Waals surface area contributed by atoms with Crippen LogP contribution in [-0.2, 0) is 10.2 Å². The van der Waals surface area contributed by atoms with Crippen molar-refractivity contribution in [2.75, 3.05) is 26.9 Å². The van der Waals surface area contributed by atoms with Gasteiger partial charge >= 0.3 is 0 Å². The second-order valence-corrected chi connectivity index (χ2v) is 8.32. The number of carbonyl (C=O) groups excluding carboxylic acids is 1. The van der Waals surface area contributed by atoms with E-state index in [2.05, 4.69) is 47.6 Å². The van der Waals surface area contributed by atoms with Crippen LogP contribution >= 0.6 is 0 Å². The first-order valence-corrected chi connectivity index (χ1v) is 10.6. The number of rotatable bonds is 6. The highest BCUT2D eigenvalue weighted by Gasteiger charge is 2.35. The number of aromatic nitrogens is 2. The van der Waals surface area contributed by atoms with Crippen LogP contribution in [0.3, 0.4) is 0 Å². The van der Waals surface area contributed by atoms with Crippen LogP contribution < -0.4 is 10.1 Å². The van der Waals surface area contributed by atoms with Crippen molar-refractivity contribution in [2.45, 2.75) is 32.1 Å². The van der Waals surface area contributed by atoms with Gasteiger partial charge in [0.25, 0.3) is 5.91 Å². The van der Waals surface area contributed by atoms with Gasteiger partial charge in [0.2, 0.25) is 0 Å². The van der Waals surface area contributed by atoms with E-state index >= 15 is 0 Å². The Labute approximate surface area is 183 Å². The molecular weight excluding hydrogens is 390 g/mol. The van der Waals surface area contributed by atoms with E-state index in [9.17, 15) is 4.79 Å². The topological polar surface area (TPSA) is 76.2 Å². The van der Waals surface area contributed by atoms with Crippen LogP contribution in [0.4, 0.5) is 0 Å². The minimum Gasteiger partial charge on any atom is -0.496 e. The molecule has 1 fully saturated rings. The maximum Gasteiger partial charge on any atom is 0.269 e. The molecule has 6 nitrogen and oxygen atoms in total. The summed E-state index contributed by atoms with van der Waals surface area (Å²) in [6.07, 6.45) is 1.76. The van der Waals surface area contributed by atoms with E-state index < -0.39 is 0 Å². The third-order valence-electron chi connectivity index (χ3n) is 6.08. The Morgan fingerprint density at radius 1 is 1.13 bits per heavy atom. The Balaban J connectivity index is 1.53. The van der Waals surface area contributed by atoms with Gasteiger partial charge in [-0.15, -0.1) is 0 Å². The molecule has 162 valence electrons. The molecule has 0 spiro atoms. The first-order valence-electron chi connectivity index (χ1n) is 10.6. The second kappa shape index (κ2) is 8.94. The average Bonchev–Trinajstić information content (AvgIpc) is 3.28. The van der Waals surface area contributed by atoms with Crippen LogP contribution in [-0.4, -0.2) is 43.0 Å². The number of ether oxygens (including phenoxy) is 2. The van der Waals surface area contributed by atoms with E-state index in [1.165, 1.54) is 16.7 Å². The van der Waals surface area contributed by atoms with Gasteiger partial charge in [-0.3, -0.25) is 9.89 Å². The van der Waals surface area contributed by atoms with Crippen molar-refractivity contribution < 1.29 is 14.3 Å². The molecule has 1 amide bonds. The number of hydrogen-bond acceptors (Lipinski definition) is 4. The fraction of sp³-hybridized carbons (Fsp3) is 0.360. The number of aromatic amines is 1. The molecule has 2 aromatic carbocycles. The smallest absolute Gasteiger partial charge is 0.269 e. The third kappa shape index (κ3) is 4.49. The maximum atomic E-state index is 12.9. The van der Waals surface area contributed by atoms with Crippen LogP contribution in [0.15, 0.2) is 48.5 Å². The molecular formula is C25H29N3O3. The van der Waals surface area contributed by atoms with Gasteiger partial charge in [-0.25, -0.2) is 0 Å². The fourth-order valence-electron chi connectivity index (χ4n) is 4.39. The van der Waals surface area contributed by atoms with Crippen molar-refractivity contribution in [1.82, 2.24) is 15.5 Å². The summed E-state index contributed by atoms with van der Waals surface area (Å²) in [4.78, 5) is 12.9. The largest absolute Gasteiger partial charge is 0.496 e. The lowest BCUT2D eigenvalue weighted by Crippen LogP contribution is -2.44. The summed E-state index contributed by atoms with van der Waals surface area (Å²) >= 11 is 0. The number of methoxy groups -OCH3 is 1. The van der Waals surface area contributed by atoms with Crippen LogP contribution in [0.5, 0.6) is 5.75 Å². The molecule has 0 atom stereocenters. The monoisotopic (exact) mass is 419 g/mol. The van der Waals surface area contributed by atoms with E-state index in [1.807, 2.05) is 24.3 Å². The van der Waals surface area contributed by atoms with Gasteiger partial charge in [-0.1, -0.05) is 41.5 Å². The number of H-pyrrole nitrogens is 1. The quantitative estimate of drug-likeness (QED) is 0.628. The Morgan fingerprint density at radius 3 is 2.55 bits per heavy atom. The molecule has 0 bridgehead atoms. The summed E-state index contributed by atoms with van der Waals surface area (Å²) in [6, 6.07) is 16.0. The Hall–Kier alpha value is -3.12. The molecule has 1 aliphatic rings. The number of amides is 1. The first-order chi connectivity index (χ1) is 15.0. The Bertz CT molecular complexity index is 1050. The molecule has 3 aromatic rings. The van der Waals surface area contributed by atoms with Gasteiger partial charge in [0, 0.05) is 30.7 Å². The Morgan fingerprint density at radius 2 is 1.84 bits per heavy atom. The Kier molecular flexibility index (Phi) is 6.09. The number of nitrogens with one attached hydrogen (secondary N) is 2. The SMILES string of the molecule is COc1ccccc1-c1cc(C(=O)NCC2(c3cc(C)cc(C)c3)CCOCC2)[nH]n1. The highest BCUT2D eigenvalue weighted by molar-refractivity contribution is 5.93. The number of hydrogen-bond donors (Lipinski definition) is 2. The highest BCUT2D eigenvalue weighted by atomic mass is 16.5. The van der Waals surface area contributed by atoms with Gasteiger partial charge in [0.1, 0.15) is 11.4 Å². The molecule has 0 aliphatic carbocycles. The van der Waals surface area contributed by atoms with Gasteiger partial charge in [-0.05, 0) is 50.5 Å². The molecule has 31 heavy (non-hydrogen) atoms. The van der Waals surface area contributed by atoms with Gasteiger partial charge in [0.15, 0.2) is 0 Å². The molecule has 1 aromatic heterocycles. The van der Waals surface area contributed by atoms with Gasteiger partial charge in [-0.2, -0.15) is 5.10 Å². The molecule has 0 unspecified atom stereocenters. The molecule has 6 heteroatoms. The van der Waals surface area contributed by atoms with E-state index in [0.29, 0.717) is 31.1 Å². The van der Waals surface area contributed by atoms with Crippen molar-refractivity contribution in [1.29, 1.82) is 0 Å². The number of para-hydroxylation sites is 1. The van der Waals surface area contributed by atoms with Crippen LogP contribution in [0.25, 0.3) is 11.3 Å². The maximum absolute atomic E-state index is 12.9. The molecule has 4 rings (SSSR count). The van der Waals surface area contributed by atoms with Gasteiger partial charge in [0.05, 0.1) is 12.8 Å². The zero-order valence-electron chi connectivity index (χ0n) is 18.3. The van der Waals surface area contributed by atoms with Crippen LogP contribution in [0.1, 0.15) is 40.0 Å². The standard InChI is InChI=1S/C25H29N3O3/c1-17-12-18(2)14-19(13-17)25(8-10-31-11-9-25)16-26-24(29)22-15-21(27-28-22)20-6-4-5-7-23(20)30-3/h4-7,12-15H,8-11,16H2,1-3H3,(H,26,29)(H,27,28). The van der Waals surface area contributed by atoms with Gasteiger partial charge < -0.3 is 14.8 Å². The molecule has 2 N–H and O–H groups in total. The number of aryl methyl sites for hydroxylation is 2. The summed E-state index contributed by atoms with van der Waals surface area (Å²) in [7, 11) is 1.62. The van der Waals surface area contributed by atoms with Crippen LogP contribution in [0.2, 0.25) is 0 Å². The molecule has 1 aliphatic heterocycles. The summed E-state index contributed by atoms with van der Waals surface area (Å²) in [6.45, 7) is 6.19. The van der Waals surface area contributed by atoms with Crippen molar-refractivity contribution >= 4 is 5.91 Å². The summed E-state index contributed by atoms with van der Waals surface area (Å²) in [5.74, 6) is 0.556. The normalized spacial score (nSPS) is 15.5. The van der Waals surface area contributed by atoms with Crippen LogP contribution in [0, 0.1) is 13.8 Å². The first kappa shape index (κ1) is 21.1. The van der Waals surface area contributed by atoms with E-state index in [-0.39, 0.29) is 11.3 Å². The number of carbonyl (C=O) groups is 1. The summed E-state index contributed by atoms with van der Waals surface area (Å²) in [5, 5.41) is 10.3. The molecule has 1 saturated heterocycles.